The third-order valence-electron chi connectivity index (χ3n) is 3.28. The van der Waals surface area contributed by atoms with E-state index in [1.165, 1.54) is 12.1 Å². The highest BCUT2D eigenvalue weighted by atomic mass is 79.9. The normalized spacial score (nSPS) is 15.3. The van der Waals surface area contributed by atoms with Crippen molar-refractivity contribution in [2.75, 3.05) is 11.9 Å². The lowest BCUT2D eigenvalue weighted by atomic mass is 9.91. The second kappa shape index (κ2) is 6.02. The average molecular weight is 335 g/mol. The van der Waals surface area contributed by atoms with Crippen LogP contribution in [0.1, 0.15) is 29.6 Å². The minimum atomic E-state index is -0.546. The summed E-state index contributed by atoms with van der Waals surface area (Å²) in [5, 5.41) is 0.628. The first-order valence-corrected chi connectivity index (χ1v) is 7.46. The molecular formula is C13H14BrClFNO. The molecule has 1 amide bonds. The molecule has 0 aromatic heterocycles. The average Bonchev–Trinajstić information content (AvgIpc) is 2.29. The number of benzene rings is 1. The van der Waals surface area contributed by atoms with E-state index in [2.05, 4.69) is 15.9 Å². The van der Waals surface area contributed by atoms with Crippen LogP contribution in [0.3, 0.4) is 0 Å². The van der Waals surface area contributed by atoms with Crippen LogP contribution >= 0.6 is 27.5 Å². The maximum Gasteiger partial charge on any atom is 0.255 e. The van der Waals surface area contributed by atoms with Gasteiger partial charge in [0.25, 0.3) is 5.91 Å². The summed E-state index contributed by atoms with van der Waals surface area (Å²) in [6, 6.07) is 4.63. The summed E-state index contributed by atoms with van der Waals surface area (Å²) in [7, 11) is 0. The zero-order valence-electron chi connectivity index (χ0n) is 9.83. The van der Waals surface area contributed by atoms with Gasteiger partial charge in [0, 0.05) is 17.9 Å². The number of hydrogen-bond donors (Lipinski definition) is 0. The minimum absolute atomic E-state index is 0.0820. The standard InChI is InChI=1S/C13H14BrClFNO/c14-7-8-17(9-3-1-4-9)13(18)10-5-2-6-11(16)12(10)15/h2,5-6,9H,1,3-4,7-8H2. The fourth-order valence-electron chi connectivity index (χ4n) is 2.06. The molecule has 0 atom stereocenters. The largest absolute Gasteiger partial charge is 0.335 e. The van der Waals surface area contributed by atoms with Gasteiger partial charge in [-0.15, -0.1) is 0 Å². The summed E-state index contributed by atoms with van der Waals surface area (Å²) in [5.41, 5.74) is 0.254. The number of hydrogen-bond acceptors (Lipinski definition) is 1. The number of carbonyl (C=O) groups excluding carboxylic acids is 1. The summed E-state index contributed by atoms with van der Waals surface area (Å²) in [4.78, 5) is 14.2. The fourth-order valence-corrected chi connectivity index (χ4v) is 2.65. The number of amides is 1. The Kier molecular flexibility index (Phi) is 4.62. The Morgan fingerprint density at radius 2 is 2.22 bits per heavy atom. The van der Waals surface area contributed by atoms with Gasteiger partial charge in [0.05, 0.1) is 10.6 Å². The van der Waals surface area contributed by atoms with Gasteiger partial charge in [-0.3, -0.25) is 4.79 Å². The molecule has 1 aromatic carbocycles. The molecular weight excluding hydrogens is 321 g/mol. The van der Waals surface area contributed by atoms with Gasteiger partial charge in [-0.1, -0.05) is 33.6 Å². The first-order valence-electron chi connectivity index (χ1n) is 5.96. The molecule has 0 N–H and O–H groups in total. The highest BCUT2D eigenvalue weighted by Crippen LogP contribution is 2.28. The molecule has 0 unspecified atom stereocenters. The van der Waals surface area contributed by atoms with E-state index in [0.29, 0.717) is 11.9 Å². The van der Waals surface area contributed by atoms with Crippen molar-refractivity contribution in [3.63, 3.8) is 0 Å². The Morgan fingerprint density at radius 3 is 2.78 bits per heavy atom. The topological polar surface area (TPSA) is 20.3 Å². The fraction of sp³-hybridized carbons (Fsp3) is 0.462. The van der Waals surface area contributed by atoms with Gasteiger partial charge >= 0.3 is 0 Å². The van der Waals surface area contributed by atoms with Crippen LogP contribution in [0.15, 0.2) is 18.2 Å². The monoisotopic (exact) mass is 333 g/mol. The molecule has 0 bridgehead atoms. The molecule has 5 heteroatoms. The van der Waals surface area contributed by atoms with E-state index in [-0.39, 0.29) is 22.5 Å². The molecule has 1 fully saturated rings. The van der Waals surface area contributed by atoms with Crippen molar-refractivity contribution < 1.29 is 9.18 Å². The Bertz CT molecular complexity index is 451. The lowest BCUT2D eigenvalue weighted by molar-refractivity contribution is 0.0599. The van der Waals surface area contributed by atoms with Gasteiger partial charge < -0.3 is 4.90 Å². The molecule has 0 radical (unpaired) electrons. The highest BCUT2D eigenvalue weighted by molar-refractivity contribution is 9.09. The maximum absolute atomic E-state index is 13.4. The molecule has 0 aliphatic heterocycles. The van der Waals surface area contributed by atoms with Crippen LogP contribution in [0.2, 0.25) is 5.02 Å². The molecule has 18 heavy (non-hydrogen) atoms. The Morgan fingerprint density at radius 1 is 1.50 bits per heavy atom. The number of halogens is 3. The van der Waals surface area contributed by atoms with Gasteiger partial charge in [0.2, 0.25) is 0 Å². The summed E-state index contributed by atoms with van der Waals surface area (Å²) >= 11 is 9.21. The summed E-state index contributed by atoms with van der Waals surface area (Å²) < 4.78 is 13.4. The van der Waals surface area contributed by atoms with Gasteiger partial charge in [0.15, 0.2) is 0 Å². The third kappa shape index (κ3) is 2.69. The van der Waals surface area contributed by atoms with E-state index in [4.69, 9.17) is 11.6 Å². The van der Waals surface area contributed by atoms with Crippen LogP contribution in [0.4, 0.5) is 4.39 Å². The van der Waals surface area contributed by atoms with Crippen LogP contribution in [0.25, 0.3) is 0 Å². The summed E-state index contributed by atoms with van der Waals surface area (Å²) in [6.45, 7) is 0.621. The second-order valence-electron chi connectivity index (χ2n) is 4.37. The zero-order chi connectivity index (χ0) is 13.1. The molecule has 0 heterocycles. The molecule has 0 spiro atoms. The number of rotatable bonds is 4. The van der Waals surface area contributed by atoms with Crippen LogP contribution in [0, 0.1) is 5.82 Å². The van der Waals surface area contributed by atoms with Crippen molar-refractivity contribution in [3.05, 3.63) is 34.6 Å². The lowest BCUT2D eigenvalue weighted by Crippen LogP contribution is -2.45. The van der Waals surface area contributed by atoms with Crippen LogP contribution < -0.4 is 0 Å². The molecule has 1 aliphatic carbocycles. The van der Waals surface area contributed by atoms with E-state index in [0.717, 1.165) is 19.3 Å². The first-order chi connectivity index (χ1) is 8.65. The number of carbonyl (C=O) groups is 1. The summed E-state index contributed by atoms with van der Waals surface area (Å²) in [6.07, 6.45) is 3.19. The molecule has 1 aromatic rings. The SMILES string of the molecule is O=C(c1cccc(F)c1Cl)N(CCBr)C1CCC1. The molecule has 1 saturated carbocycles. The Balaban J connectivity index is 2.24. The maximum atomic E-state index is 13.4. The lowest BCUT2D eigenvalue weighted by Gasteiger charge is -2.37. The second-order valence-corrected chi connectivity index (χ2v) is 5.54. The van der Waals surface area contributed by atoms with E-state index >= 15 is 0 Å². The van der Waals surface area contributed by atoms with Gasteiger partial charge in [-0.05, 0) is 31.4 Å². The van der Waals surface area contributed by atoms with Gasteiger partial charge in [-0.2, -0.15) is 0 Å². The molecule has 1 aliphatic rings. The molecule has 2 rings (SSSR count). The van der Waals surface area contributed by atoms with Crippen molar-refractivity contribution in [1.29, 1.82) is 0 Å². The first kappa shape index (κ1) is 13.8. The predicted octanol–water partition coefficient (Wildman–Crippen LogP) is 3.87. The van der Waals surface area contributed by atoms with E-state index in [9.17, 15) is 9.18 Å². The van der Waals surface area contributed by atoms with Crippen LogP contribution in [0.5, 0.6) is 0 Å². The van der Waals surface area contributed by atoms with Gasteiger partial charge in [-0.25, -0.2) is 4.39 Å². The van der Waals surface area contributed by atoms with Crippen molar-refractivity contribution in [1.82, 2.24) is 4.90 Å². The van der Waals surface area contributed by atoms with Gasteiger partial charge in [0.1, 0.15) is 5.82 Å². The summed E-state index contributed by atoms with van der Waals surface area (Å²) in [5.74, 6) is -0.724. The molecule has 0 saturated heterocycles. The number of nitrogens with zero attached hydrogens (tertiary/aromatic N) is 1. The predicted molar refractivity (Wildman–Crippen MR) is 73.9 cm³/mol. The number of alkyl halides is 1. The van der Waals surface area contributed by atoms with Crippen molar-refractivity contribution in [2.24, 2.45) is 0 Å². The van der Waals surface area contributed by atoms with E-state index < -0.39 is 5.82 Å². The van der Waals surface area contributed by atoms with Crippen LogP contribution in [-0.2, 0) is 0 Å². The van der Waals surface area contributed by atoms with E-state index in [1.807, 2.05) is 0 Å². The zero-order valence-corrected chi connectivity index (χ0v) is 12.2. The van der Waals surface area contributed by atoms with Crippen molar-refractivity contribution in [2.45, 2.75) is 25.3 Å². The van der Waals surface area contributed by atoms with Crippen LogP contribution in [-0.4, -0.2) is 28.7 Å². The third-order valence-corrected chi connectivity index (χ3v) is 4.02. The minimum Gasteiger partial charge on any atom is -0.335 e. The van der Waals surface area contributed by atoms with E-state index in [1.54, 1.807) is 11.0 Å². The van der Waals surface area contributed by atoms with Crippen molar-refractivity contribution >= 4 is 33.4 Å². The molecule has 2 nitrogen and oxygen atoms in total. The highest BCUT2D eigenvalue weighted by Gasteiger charge is 2.30. The van der Waals surface area contributed by atoms with Crippen molar-refractivity contribution in [3.8, 4) is 0 Å². The quantitative estimate of drug-likeness (QED) is 0.766. The Hall–Kier alpha value is -0.610. The molecule has 98 valence electrons. The Labute approximate surface area is 119 Å². The smallest absolute Gasteiger partial charge is 0.255 e.